The molecule has 3 aromatic rings. The van der Waals surface area contributed by atoms with Gasteiger partial charge in [-0.3, -0.25) is 4.72 Å². The molecule has 0 fully saturated rings. The summed E-state index contributed by atoms with van der Waals surface area (Å²) in [5.41, 5.74) is 6.54. The summed E-state index contributed by atoms with van der Waals surface area (Å²) in [5.74, 6) is 0. The Morgan fingerprint density at radius 3 is 2.48 bits per heavy atom. The molecule has 0 radical (unpaired) electrons. The summed E-state index contributed by atoms with van der Waals surface area (Å²) in [6.45, 7) is 0. The van der Waals surface area contributed by atoms with Gasteiger partial charge in [-0.15, -0.1) is 11.3 Å². The van der Waals surface area contributed by atoms with Crippen LogP contribution in [0.5, 0.6) is 0 Å². The molecule has 7 heteroatoms. The summed E-state index contributed by atoms with van der Waals surface area (Å²) in [4.78, 5) is 0. The minimum absolute atomic E-state index is 0.205. The molecule has 0 atom stereocenters. The van der Waals surface area contributed by atoms with Crippen LogP contribution in [0.1, 0.15) is 0 Å². The summed E-state index contributed by atoms with van der Waals surface area (Å²) in [6, 6.07) is 12.7. The Bertz CT molecular complexity index is 920. The van der Waals surface area contributed by atoms with Gasteiger partial charge in [-0.25, -0.2) is 8.42 Å². The van der Waals surface area contributed by atoms with E-state index < -0.39 is 10.0 Å². The Morgan fingerprint density at radius 1 is 1.05 bits per heavy atom. The fourth-order valence-electron chi connectivity index (χ4n) is 1.96. The standard InChI is InChI=1S/C14H11BrN2O2S2/c15-11-3-1-10-6-13(4-2-9(10)5-11)17-21(18,19)14-7-12(16)8-20-14/h1-8,17H,16H2. The molecule has 0 aliphatic carbocycles. The molecule has 21 heavy (non-hydrogen) atoms. The van der Waals surface area contributed by atoms with Gasteiger partial charge in [0.15, 0.2) is 0 Å². The van der Waals surface area contributed by atoms with Crippen molar-refractivity contribution in [2.24, 2.45) is 0 Å². The SMILES string of the molecule is Nc1csc(S(=O)(=O)Nc2ccc3cc(Br)ccc3c2)c1. The van der Waals surface area contributed by atoms with Crippen molar-refractivity contribution in [3.05, 3.63) is 52.3 Å². The normalized spacial score (nSPS) is 11.7. The van der Waals surface area contributed by atoms with E-state index in [0.29, 0.717) is 11.4 Å². The van der Waals surface area contributed by atoms with Crippen molar-refractivity contribution in [1.29, 1.82) is 0 Å². The predicted octanol–water partition coefficient (Wildman–Crippen LogP) is 4.05. The average molecular weight is 383 g/mol. The maximum absolute atomic E-state index is 12.2. The van der Waals surface area contributed by atoms with Crippen molar-refractivity contribution in [3.63, 3.8) is 0 Å². The molecule has 3 N–H and O–H groups in total. The lowest BCUT2D eigenvalue weighted by atomic mass is 10.1. The number of rotatable bonds is 3. The molecule has 0 saturated heterocycles. The number of nitrogen functional groups attached to an aromatic ring is 1. The number of sulfonamides is 1. The maximum Gasteiger partial charge on any atom is 0.271 e. The monoisotopic (exact) mass is 382 g/mol. The Hall–Kier alpha value is -1.57. The third-order valence-corrected chi connectivity index (χ3v) is 6.25. The molecule has 0 amide bonds. The van der Waals surface area contributed by atoms with E-state index in [1.807, 2.05) is 24.3 Å². The predicted molar refractivity (Wildman–Crippen MR) is 91.2 cm³/mol. The Balaban J connectivity index is 1.96. The summed E-state index contributed by atoms with van der Waals surface area (Å²) in [6.07, 6.45) is 0. The van der Waals surface area contributed by atoms with Gasteiger partial charge in [-0.05, 0) is 41.1 Å². The summed E-state index contributed by atoms with van der Waals surface area (Å²) < 4.78 is 28.2. The number of nitrogens with two attached hydrogens (primary N) is 1. The molecule has 3 rings (SSSR count). The fraction of sp³-hybridized carbons (Fsp3) is 0. The number of hydrogen-bond acceptors (Lipinski definition) is 4. The van der Waals surface area contributed by atoms with Crippen LogP contribution in [0.25, 0.3) is 10.8 Å². The van der Waals surface area contributed by atoms with E-state index in [0.717, 1.165) is 26.6 Å². The molecule has 0 spiro atoms. The van der Waals surface area contributed by atoms with Crippen LogP contribution in [-0.2, 0) is 10.0 Å². The van der Waals surface area contributed by atoms with Gasteiger partial charge in [0.1, 0.15) is 4.21 Å². The van der Waals surface area contributed by atoms with Gasteiger partial charge >= 0.3 is 0 Å². The van der Waals surface area contributed by atoms with E-state index in [2.05, 4.69) is 20.7 Å². The zero-order valence-corrected chi connectivity index (χ0v) is 13.9. The van der Waals surface area contributed by atoms with Crippen LogP contribution in [0, 0.1) is 0 Å². The first kappa shape index (κ1) is 14.4. The van der Waals surface area contributed by atoms with Crippen LogP contribution in [0.2, 0.25) is 0 Å². The van der Waals surface area contributed by atoms with E-state index in [9.17, 15) is 8.42 Å². The molecular formula is C14H11BrN2O2S2. The average Bonchev–Trinajstić information content (AvgIpc) is 2.86. The van der Waals surface area contributed by atoms with E-state index in [1.54, 1.807) is 17.5 Å². The Morgan fingerprint density at radius 2 is 1.76 bits per heavy atom. The minimum Gasteiger partial charge on any atom is -0.398 e. The third kappa shape index (κ3) is 3.04. The summed E-state index contributed by atoms with van der Waals surface area (Å²) in [5, 5.41) is 3.60. The van der Waals surface area contributed by atoms with Crippen LogP contribution < -0.4 is 10.5 Å². The van der Waals surface area contributed by atoms with Crippen LogP contribution in [0.3, 0.4) is 0 Å². The van der Waals surface area contributed by atoms with Gasteiger partial charge in [-0.1, -0.05) is 28.1 Å². The minimum atomic E-state index is -3.59. The van der Waals surface area contributed by atoms with Gasteiger partial charge in [0.2, 0.25) is 0 Å². The number of thiophene rings is 1. The highest BCUT2D eigenvalue weighted by atomic mass is 79.9. The molecule has 0 bridgehead atoms. The van der Waals surface area contributed by atoms with Crippen LogP contribution in [-0.4, -0.2) is 8.42 Å². The van der Waals surface area contributed by atoms with E-state index in [-0.39, 0.29) is 4.21 Å². The zero-order chi connectivity index (χ0) is 15.0. The molecule has 4 nitrogen and oxygen atoms in total. The van der Waals surface area contributed by atoms with Gasteiger partial charge in [-0.2, -0.15) is 0 Å². The second kappa shape index (κ2) is 5.32. The van der Waals surface area contributed by atoms with Crippen molar-refractivity contribution in [2.45, 2.75) is 4.21 Å². The van der Waals surface area contributed by atoms with Gasteiger partial charge in [0, 0.05) is 21.2 Å². The number of halogens is 1. The Kier molecular flexibility index (Phi) is 3.64. The summed E-state index contributed by atoms with van der Waals surface area (Å²) >= 11 is 4.51. The molecule has 1 aromatic heterocycles. The van der Waals surface area contributed by atoms with E-state index in [4.69, 9.17) is 5.73 Å². The number of anilines is 2. The highest BCUT2D eigenvalue weighted by Gasteiger charge is 2.16. The maximum atomic E-state index is 12.2. The molecule has 0 aliphatic rings. The van der Waals surface area contributed by atoms with E-state index >= 15 is 0 Å². The molecule has 1 heterocycles. The first-order chi connectivity index (χ1) is 9.94. The number of benzene rings is 2. The van der Waals surface area contributed by atoms with E-state index in [1.165, 1.54) is 6.07 Å². The molecule has 0 aliphatic heterocycles. The number of fused-ring (bicyclic) bond motifs is 1. The second-order valence-corrected chi connectivity index (χ2v) is 8.25. The lowest BCUT2D eigenvalue weighted by molar-refractivity contribution is 0.603. The van der Waals surface area contributed by atoms with Crippen molar-refractivity contribution >= 4 is 59.4 Å². The smallest absolute Gasteiger partial charge is 0.271 e. The van der Waals surface area contributed by atoms with Gasteiger partial charge < -0.3 is 5.73 Å². The zero-order valence-electron chi connectivity index (χ0n) is 10.7. The highest BCUT2D eigenvalue weighted by Crippen LogP contribution is 2.27. The quantitative estimate of drug-likeness (QED) is 0.717. The number of hydrogen-bond donors (Lipinski definition) is 2. The number of nitrogens with one attached hydrogen (secondary N) is 1. The van der Waals surface area contributed by atoms with Gasteiger partial charge in [0.05, 0.1) is 0 Å². The lowest BCUT2D eigenvalue weighted by Gasteiger charge is -2.07. The fourth-order valence-corrected chi connectivity index (χ4v) is 4.47. The van der Waals surface area contributed by atoms with Crippen molar-refractivity contribution in [2.75, 3.05) is 10.5 Å². The van der Waals surface area contributed by atoms with Crippen molar-refractivity contribution in [3.8, 4) is 0 Å². The topological polar surface area (TPSA) is 72.2 Å². The van der Waals surface area contributed by atoms with Gasteiger partial charge in [0.25, 0.3) is 10.0 Å². The van der Waals surface area contributed by atoms with Crippen molar-refractivity contribution < 1.29 is 8.42 Å². The van der Waals surface area contributed by atoms with Crippen LogP contribution >= 0.6 is 27.3 Å². The molecule has 0 saturated carbocycles. The largest absolute Gasteiger partial charge is 0.398 e. The first-order valence-corrected chi connectivity index (χ1v) is 9.16. The first-order valence-electron chi connectivity index (χ1n) is 6.00. The lowest BCUT2D eigenvalue weighted by Crippen LogP contribution is -2.11. The Labute approximate surface area is 134 Å². The summed E-state index contributed by atoms with van der Waals surface area (Å²) in [7, 11) is -3.59. The van der Waals surface area contributed by atoms with Crippen LogP contribution in [0.15, 0.2) is 56.5 Å². The highest BCUT2D eigenvalue weighted by molar-refractivity contribution is 9.10. The molecule has 0 unspecified atom stereocenters. The molecular weight excluding hydrogens is 372 g/mol. The third-order valence-electron chi connectivity index (χ3n) is 2.92. The van der Waals surface area contributed by atoms with Crippen LogP contribution in [0.4, 0.5) is 11.4 Å². The molecule has 2 aromatic carbocycles. The molecule has 108 valence electrons. The second-order valence-electron chi connectivity index (χ2n) is 4.51. The van der Waals surface area contributed by atoms with Crippen molar-refractivity contribution in [1.82, 2.24) is 0 Å².